The molecule has 0 unspecified atom stereocenters. The fourth-order valence-corrected chi connectivity index (χ4v) is 3.53. The zero-order valence-electron chi connectivity index (χ0n) is 16.5. The Morgan fingerprint density at radius 1 is 1.03 bits per heavy atom. The van der Waals surface area contributed by atoms with Crippen LogP contribution in [-0.2, 0) is 16.0 Å². The van der Waals surface area contributed by atoms with Gasteiger partial charge in [-0.25, -0.2) is 0 Å². The molecule has 0 radical (unpaired) electrons. The third kappa shape index (κ3) is 3.89. The second kappa shape index (κ2) is 8.26. The zero-order valence-corrected chi connectivity index (χ0v) is 16.5. The molecule has 2 aromatic carbocycles. The molecular weight excluding hydrogens is 374 g/mol. The summed E-state index contributed by atoms with van der Waals surface area (Å²) in [5.41, 5.74) is 1.61. The number of amides is 1. The summed E-state index contributed by atoms with van der Waals surface area (Å²) < 4.78 is 10.6. The number of phenols is 1. The number of phenolic OH excluding ortho intramolecular Hbond substituents is 1. The van der Waals surface area contributed by atoms with Crippen LogP contribution >= 0.6 is 0 Å². The summed E-state index contributed by atoms with van der Waals surface area (Å²) in [5.74, 6) is -0.224. The third-order valence-corrected chi connectivity index (χ3v) is 4.98. The van der Waals surface area contributed by atoms with Gasteiger partial charge in [0.05, 0.1) is 25.8 Å². The Bertz CT molecular complexity index is 964. The SMILES string of the molecule is COc1ccc(CCN2C(=O)C(O)=C(C(C)=O)[C@@H]2c2ccc(O)cc2)cc1OC. The summed E-state index contributed by atoms with van der Waals surface area (Å²) in [6.45, 7) is 1.60. The molecule has 0 bridgehead atoms. The average Bonchev–Trinajstić information content (AvgIpc) is 2.97. The molecule has 1 atom stereocenters. The molecule has 0 fully saturated rings. The number of carbonyl (C=O) groups is 2. The summed E-state index contributed by atoms with van der Waals surface area (Å²) in [6, 6.07) is 11.0. The van der Waals surface area contributed by atoms with Crippen molar-refractivity contribution in [2.75, 3.05) is 20.8 Å². The Morgan fingerprint density at radius 2 is 1.69 bits per heavy atom. The van der Waals surface area contributed by atoms with Gasteiger partial charge < -0.3 is 24.6 Å². The highest BCUT2D eigenvalue weighted by atomic mass is 16.5. The van der Waals surface area contributed by atoms with E-state index in [-0.39, 0.29) is 23.7 Å². The Kier molecular flexibility index (Phi) is 5.77. The number of rotatable bonds is 7. The highest BCUT2D eigenvalue weighted by Crippen LogP contribution is 2.38. The Hall–Kier alpha value is -3.48. The topological polar surface area (TPSA) is 96.3 Å². The van der Waals surface area contributed by atoms with Crippen molar-refractivity contribution in [2.45, 2.75) is 19.4 Å². The van der Waals surface area contributed by atoms with Gasteiger partial charge in [0.15, 0.2) is 23.0 Å². The van der Waals surface area contributed by atoms with E-state index in [1.165, 1.54) is 24.0 Å². The van der Waals surface area contributed by atoms with Crippen molar-refractivity contribution in [3.8, 4) is 17.2 Å². The van der Waals surface area contributed by atoms with Crippen LogP contribution in [0, 0.1) is 0 Å². The van der Waals surface area contributed by atoms with E-state index in [1.807, 2.05) is 12.1 Å². The molecule has 1 aliphatic rings. The highest BCUT2D eigenvalue weighted by Gasteiger charge is 2.42. The maximum Gasteiger partial charge on any atom is 0.290 e. The second-order valence-corrected chi connectivity index (χ2v) is 6.75. The lowest BCUT2D eigenvalue weighted by Crippen LogP contribution is -2.32. The van der Waals surface area contributed by atoms with Crippen LogP contribution < -0.4 is 9.47 Å². The van der Waals surface area contributed by atoms with Crippen LogP contribution in [0.25, 0.3) is 0 Å². The van der Waals surface area contributed by atoms with Crippen LogP contribution in [0.15, 0.2) is 53.8 Å². The van der Waals surface area contributed by atoms with E-state index in [0.29, 0.717) is 23.5 Å². The average molecular weight is 397 g/mol. The van der Waals surface area contributed by atoms with E-state index < -0.39 is 17.7 Å². The van der Waals surface area contributed by atoms with Gasteiger partial charge in [-0.05, 0) is 48.7 Å². The fourth-order valence-electron chi connectivity index (χ4n) is 3.53. The maximum absolute atomic E-state index is 12.7. The number of benzene rings is 2. The number of nitrogens with zero attached hydrogens (tertiary/aromatic N) is 1. The number of aliphatic hydroxyl groups is 1. The molecule has 1 amide bonds. The van der Waals surface area contributed by atoms with Gasteiger partial charge >= 0.3 is 0 Å². The fraction of sp³-hybridized carbons (Fsp3) is 0.273. The number of carbonyl (C=O) groups excluding carboxylic acids is 2. The molecule has 3 rings (SSSR count). The van der Waals surface area contributed by atoms with Gasteiger partial charge in [0, 0.05) is 6.54 Å². The number of aliphatic hydroxyl groups excluding tert-OH is 1. The number of ketones is 1. The van der Waals surface area contributed by atoms with Gasteiger partial charge in [-0.15, -0.1) is 0 Å². The summed E-state index contributed by atoms with van der Waals surface area (Å²) in [4.78, 5) is 26.3. The minimum atomic E-state index is -0.708. The molecule has 2 N–H and O–H groups in total. The van der Waals surface area contributed by atoms with Gasteiger partial charge in [0.1, 0.15) is 5.75 Å². The van der Waals surface area contributed by atoms with Crippen molar-refractivity contribution >= 4 is 11.7 Å². The number of hydrogen-bond acceptors (Lipinski definition) is 6. The third-order valence-electron chi connectivity index (χ3n) is 4.98. The van der Waals surface area contributed by atoms with Gasteiger partial charge in [-0.2, -0.15) is 0 Å². The van der Waals surface area contributed by atoms with Crippen molar-refractivity contribution in [3.05, 3.63) is 64.9 Å². The van der Waals surface area contributed by atoms with Crippen LogP contribution in [0.4, 0.5) is 0 Å². The van der Waals surface area contributed by atoms with Crippen LogP contribution in [-0.4, -0.2) is 47.6 Å². The van der Waals surface area contributed by atoms with E-state index in [1.54, 1.807) is 32.4 Å². The molecule has 29 heavy (non-hydrogen) atoms. The Balaban J connectivity index is 1.89. The first-order chi connectivity index (χ1) is 13.9. The van der Waals surface area contributed by atoms with Gasteiger partial charge in [-0.1, -0.05) is 18.2 Å². The van der Waals surface area contributed by atoms with Gasteiger partial charge in [0.2, 0.25) is 0 Å². The maximum atomic E-state index is 12.7. The summed E-state index contributed by atoms with van der Waals surface area (Å²) in [6.07, 6.45) is 0.485. The Labute approximate surface area is 168 Å². The van der Waals surface area contributed by atoms with Crippen LogP contribution in [0.1, 0.15) is 24.1 Å². The Morgan fingerprint density at radius 3 is 2.28 bits per heavy atom. The largest absolute Gasteiger partial charge is 0.508 e. The minimum Gasteiger partial charge on any atom is -0.508 e. The molecule has 2 aromatic rings. The first-order valence-electron chi connectivity index (χ1n) is 9.12. The van der Waals surface area contributed by atoms with E-state index in [4.69, 9.17) is 9.47 Å². The molecule has 0 saturated heterocycles. The predicted molar refractivity (Wildman–Crippen MR) is 106 cm³/mol. The van der Waals surface area contributed by atoms with Crippen molar-refractivity contribution in [2.24, 2.45) is 0 Å². The van der Waals surface area contributed by atoms with Crippen molar-refractivity contribution in [1.29, 1.82) is 0 Å². The second-order valence-electron chi connectivity index (χ2n) is 6.75. The molecule has 7 heteroatoms. The minimum absolute atomic E-state index is 0.0630. The molecule has 0 aromatic heterocycles. The molecule has 1 aliphatic heterocycles. The number of hydrogen-bond donors (Lipinski definition) is 2. The molecule has 7 nitrogen and oxygen atoms in total. The molecule has 0 aliphatic carbocycles. The number of aromatic hydroxyl groups is 1. The van der Waals surface area contributed by atoms with Crippen molar-refractivity contribution in [3.63, 3.8) is 0 Å². The molecule has 152 valence electrons. The number of methoxy groups -OCH3 is 2. The molecule has 0 saturated carbocycles. The van der Waals surface area contributed by atoms with Crippen LogP contribution in [0.5, 0.6) is 17.2 Å². The van der Waals surface area contributed by atoms with Crippen LogP contribution in [0.3, 0.4) is 0 Å². The lowest BCUT2D eigenvalue weighted by Gasteiger charge is -2.26. The monoisotopic (exact) mass is 397 g/mol. The van der Waals surface area contributed by atoms with Gasteiger partial charge in [0.25, 0.3) is 5.91 Å². The lowest BCUT2D eigenvalue weighted by atomic mass is 9.96. The zero-order chi connectivity index (χ0) is 21.1. The lowest BCUT2D eigenvalue weighted by molar-refractivity contribution is -0.129. The quantitative estimate of drug-likeness (QED) is 0.746. The first kappa shape index (κ1) is 20.3. The predicted octanol–water partition coefficient (Wildman–Crippen LogP) is 2.94. The van der Waals surface area contributed by atoms with Gasteiger partial charge in [-0.3, -0.25) is 9.59 Å². The highest BCUT2D eigenvalue weighted by molar-refractivity contribution is 6.08. The van der Waals surface area contributed by atoms with Crippen LogP contribution in [0.2, 0.25) is 0 Å². The standard InChI is InChI=1S/C22H23NO6/c1-13(24)19-20(15-5-7-16(25)8-6-15)23(22(27)21(19)26)11-10-14-4-9-17(28-2)18(12-14)29-3/h4-9,12,20,25-26H,10-11H2,1-3H3/t20-/m0/s1. The summed E-state index contributed by atoms with van der Waals surface area (Å²) >= 11 is 0. The van der Waals surface area contributed by atoms with E-state index in [9.17, 15) is 19.8 Å². The van der Waals surface area contributed by atoms with E-state index >= 15 is 0 Å². The molecule has 0 spiro atoms. The first-order valence-corrected chi connectivity index (χ1v) is 9.12. The normalized spacial score (nSPS) is 16.3. The number of Topliss-reactive ketones (excluding diaryl/α,β-unsaturated/α-hetero) is 1. The summed E-state index contributed by atoms with van der Waals surface area (Å²) in [7, 11) is 3.11. The number of ether oxygens (including phenoxy) is 2. The summed E-state index contributed by atoms with van der Waals surface area (Å²) in [5, 5.41) is 19.9. The smallest absolute Gasteiger partial charge is 0.290 e. The molecular formula is C22H23NO6. The van der Waals surface area contributed by atoms with Crippen molar-refractivity contribution in [1.82, 2.24) is 4.90 Å². The van der Waals surface area contributed by atoms with E-state index in [2.05, 4.69) is 0 Å². The van der Waals surface area contributed by atoms with E-state index in [0.717, 1.165) is 5.56 Å². The molecule has 1 heterocycles. The van der Waals surface area contributed by atoms with Crippen molar-refractivity contribution < 1.29 is 29.3 Å².